The van der Waals surface area contributed by atoms with Crippen molar-refractivity contribution in [3.05, 3.63) is 0 Å². The van der Waals surface area contributed by atoms with Gasteiger partial charge in [-0.1, -0.05) is 19.3 Å². The van der Waals surface area contributed by atoms with E-state index in [1.54, 1.807) is 6.92 Å². The van der Waals surface area contributed by atoms with E-state index in [4.69, 9.17) is 4.74 Å². The van der Waals surface area contributed by atoms with Gasteiger partial charge in [-0.05, 0) is 44.4 Å². The number of hydrogen-bond donors (Lipinski definition) is 1. The van der Waals surface area contributed by atoms with E-state index in [0.29, 0.717) is 12.5 Å². The van der Waals surface area contributed by atoms with E-state index in [1.807, 2.05) is 0 Å². The summed E-state index contributed by atoms with van der Waals surface area (Å²) in [6, 6.07) is 0. The molecule has 2 aliphatic carbocycles. The Morgan fingerprint density at radius 1 is 1.25 bits per heavy atom. The van der Waals surface area contributed by atoms with Gasteiger partial charge in [-0.15, -0.1) is 0 Å². The second-order valence-electron chi connectivity index (χ2n) is 5.50. The molecule has 2 fully saturated rings. The quantitative estimate of drug-likeness (QED) is 0.784. The molecule has 0 radical (unpaired) electrons. The minimum absolute atomic E-state index is 0.244. The fourth-order valence-electron chi connectivity index (χ4n) is 2.63. The predicted octanol–water partition coefficient (Wildman–Crippen LogP) is 2.84. The van der Waals surface area contributed by atoms with Crippen LogP contribution in [0.1, 0.15) is 51.9 Å². The van der Waals surface area contributed by atoms with Crippen LogP contribution in [0.2, 0.25) is 0 Å². The maximum atomic E-state index is 11.3. The highest BCUT2D eigenvalue weighted by Gasteiger charge is 2.48. The smallest absolute Gasteiger partial charge is 0.335 e. The SMILES string of the molecule is CC(OCC1CCCCC1)(C(=O)O)C1CC1. The molecule has 1 atom stereocenters. The molecule has 0 aromatic heterocycles. The Labute approximate surface area is 97.2 Å². The molecule has 0 aliphatic heterocycles. The molecule has 2 saturated carbocycles. The van der Waals surface area contributed by atoms with Gasteiger partial charge in [-0.3, -0.25) is 0 Å². The van der Waals surface area contributed by atoms with Crippen LogP contribution in [-0.2, 0) is 9.53 Å². The number of carbonyl (C=O) groups is 1. The largest absolute Gasteiger partial charge is 0.479 e. The van der Waals surface area contributed by atoms with Crippen molar-refractivity contribution in [3.63, 3.8) is 0 Å². The molecule has 0 bridgehead atoms. The first-order valence-electron chi connectivity index (χ1n) is 6.50. The topological polar surface area (TPSA) is 46.5 Å². The summed E-state index contributed by atoms with van der Waals surface area (Å²) in [5.41, 5.74) is -0.919. The second-order valence-corrected chi connectivity index (χ2v) is 5.50. The fourth-order valence-corrected chi connectivity index (χ4v) is 2.63. The standard InChI is InChI=1S/C13H22O3/c1-13(12(14)15,11-7-8-11)16-9-10-5-3-2-4-6-10/h10-11H,2-9H2,1H3,(H,14,15). The molecule has 1 N–H and O–H groups in total. The Bertz CT molecular complexity index is 254. The normalized spacial score (nSPS) is 26.3. The summed E-state index contributed by atoms with van der Waals surface area (Å²) in [7, 11) is 0. The van der Waals surface area contributed by atoms with Crippen LogP contribution in [0.25, 0.3) is 0 Å². The molecule has 3 heteroatoms. The van der Waals surface area contributed by atoms with Crippen LogP contribution in [0.3, 0.4) is 0 Å². The van der Waals surface area contributed by atoms with Gasteiger partial charge >= 0.3 is 5.97 Å². The first-order chi connectivity index (χ1) is 7.63. The van der Waals surface area contributed by atoms with Gasteiger partial charge in [0.05, 0.1) is 6.61 Å². The number of rotatable bonds is 5. The average molecular weight is 226 g/mol. The van der Waals surface area contributed by atoms with Crippen molar-refractivity contribution in [2.75, 3.05) is 6.61 Å². The van der Waals surface area contributed by atoms with Crippen molar-refractivity contribution in [2.24, 2.45) is 11.8 Å². The Hall–Kier alpha value is -0.570. The van der Waals surface area contributed by atoms with Gasteiger partial charge in [0.25, 0.3) is 0 Å². The summed E-state index contributed by atoms with van der Waals surface area (Å²) in [5, 5.41) is 9.25. The summed E-state index contributed by atoms with van der Waals surface area (Å²) in [6.45, 7) is 2.38. The highest BCUT2D eigenvalue weighted by molar-refractivity contribution is 5.77. The average Bonchev–Trinajstić information content (AvgIpc) is 3.11. The van der Waals surface area contributed by atoms with Gasteiger partial charge in [-0.25, -0.2) is 4.79 Å². The lowest BCUT2D eigenvalue weighted by atomic mass is 9.89. The number of carboxylic acids is 1. The Morgan fingerprint density at radius 2 is 1.88 bits per heavy atom. The van der Waals surface area contributed by atoms with Crippen LogP contribution < -0.4 is 0 Å². The van der Waals surface area contributed by atoms with Crippen molar-refractivity contribution in [1.29, 1.82) is 0 Å². The van der Waals surface area contributed by atoms with E-state index < -0.39 is 11.6 Å². The Morgan fingerprint density at radius 3 is 2.38 bits per heavy atom. The van der Waals surface area contributed by atoms with Crippen LogP contribution >= 0.6 is 0 Å². The van der Waals surface area contributed by atoms with Crippen LogP contribution in [-0.4, -0.2) is 23.3 Å². The third-order valence-electron chi connectivity index (χ3n) is 4.12. The van der Waals surface area contributed by atoms with E-state index in [1.165, 1.54) is 32.1 Å². The number of aliphatic carboxylic acids is 1. The second kappa shape index (κ2) is 4.74. The van der Waals surface area contributed by atoms with Gasteiger partial charge in [0.15, 0.2) is 5.60 Å². The third kappa shape index (κ3) is 2.57. The third-order valence-corrected chi connectivity index (χ3v) is 4.12. The molecule has 3 nitrogen and oxygen atoms in total. The van der Waals surface area contributed by atoms with E-state index in [0.717, 1.165) is 12.8 Å². The fraction of sp³-hybridized carbons (Fsp3) is 0.923. The van der Waals surface area contributed by atoms with Gasteiger partial charge in [-0.2, -0.15) is 0 Å². The molecule has 0 amide bonds. The van der Waals surface area contributed by atoms with Crippen LogP contribution in [0.4, 0.5) is 0 Å². The molecular weight excluding hydrogens is 204 g/mol. The lowest BCUT2D eigenvalue weighted by molar-refractivity contribution is -0.169. The van der Waals surface area contributed by atoms with Crippen LogP contribution in [0.5, 0.6) is 0 Å². The summed E-state index contributed by atoms with van der Waals surface area (Å²) >= 11 is 0. The zero-order valence-corrected chi connectivity index (χ0v) is 10.1. The molecule has 0 aromatic carbocycles. The minimum atomic E-state index is -0.919. The van der Waals surface area contributed by atoms with Gasteiger partial charge in [0, 0.05) is 0 Å². The van der Waals surface area contributed by atoms with E-state index in [-0.39, 0.29) is 5.92 Å². The highest BCUT2D eigenvalue weighted by atomic mass is 16.5. The van der Waals surface area contributed by atoms with Gasteiger partial charge < -0.3 is 9.84 Å². The molecule has 1 unspecified atom stereocenters. The zero-order chi connectivity index (χ0) is 11.6. The molecular formula is C13H22O3. The van der Waals surface area contributed by atoms with Crippen LogP contribution in [0.15, 0.2) is 0 Å². The van der Waals surface area contributed by atoms with Crippen molar-refractivity contribution in [2.45, 2.75) is 57.5 Å². The Balaban J connectivity index is 1.83. The van der Waals surface area contributed by atoms with Crippen molar-refractivity contribution in [3.8, 4) is 0 Å². The molecule has 0 spiro atoms. The van der Waals surface area contributed by atoms with Crippen molar-refractivity contribution < 1.29 is 14.6 Å². The van der Waals surface area contributed by atoms with Gasteiger partial charge in [0.2, 0.25) is 0 Å². The maximum absolute atomic E-state index is 11.3. The predicted molar refractivity (Wildman–Crippen MR) is 61.3 cm³/mol. The van der Waals surface area contributed by atoms with E-state index in [9.17, 15) is 9.90 Å². The first-order valence-corrected chi connectivity index (χ1v) is 6.50. The molecule has 92 valence electrons. The van der Waals surface area contributed by atoms with E-state index in [2.05, 4.69) is 0 Å². The summed E-state index contributed by atoms with van der Waals surface area (Å²) in [4.78, 5) is 11.3. The number of ether oxygens (including phenoxy) is 1. The maximum Gasteiger partial charge on any atom is 0.335 e. The van der Waals surface area contributed by atoms with Gasteiger partial charge in [0.1, 0.15) is 0 Å². The Kier molecular flexibility index (Phi) is 3.53. The minimum Gasteiger partial charge on any atom is -0.479 e. The summed E-state index contributed by atoms with van der Waals surface area (Å²) in [6.07, 6.45) is 8.32. The molecule has 0 heterocycles. The molecule has 0 aromatic rings. The lowest BCUT2D eigenvalue weighted by Gasteiger charge is -2.29. The molecule has 0 saturated heterocycles. The highest BCUT2D eigenvalue weighted by Crippen LogP contribution is 2.42. The van der Waals surface area contributed by atoms with Crippen molar-refractivity contribution >= 4 is 5.97 Å². The first kappa shape index (κ1) is 11.9. The lowest BCUT2D eigenvalue weighted by Crippen LogP contribution is -2.42. The number of hydrogen-bond acceptors (Lipinski definition) is 2. The summed E-state index contributed by atoms with van der Waals surface area (Å²) in [5.74, 6) is 0.0468. The van der Waals surface area contributed by atoms with E-state index >= 15 is 0 Å². The molecule has 2 aliphatic rings. The summed E-state index contributed by atoms with van der Waals surface area (Å²) < 4.78 is 5.75. The zero-order valence-electron chi connectivity index (χ0n) is 10.1. The number of carboxylic acid groups (broad SMARTS) is 1. The van der Waals surface area contributed by atoms with Crippen molar-refractivity contribution in [1.82, 2.24) is 0 Å². The molecule has 16 heavy (non-hydrogen) atoms. The monoisotopic (exact) mass is 226 g/mol. The molecule has 2 rings (SSSR count). The van der Waals surface area contributed by atoms with Crippen LogP contribution in [0, 0.1) is 11.8 Å².